The number of likely N-dealkylation sites (tertiary alicyclic amines) is 1. The highest BCUT2D eigenvalue weighted by Crippen LogP contribution is 2.40. The first-order valence-corrected chi connectivity index (χ1v) is 7.15. The van der Waals surface area contributed by atoms with Crippen molar-refractivity contribution in [2.24, 2.45) is 11.1 Å². The highest BCUT2D eigenvalue weighted by molar-refractivity contribution is 5.86. The number of carbonyl (C=O) groups is 1. The van der Waals surface area contributed by atoms with E-state index in [1.54, 1.807) is 0 Å². The Bertz CT molecular complexity index is 315. The van der Waals surface area contributed by atoms with Gasteiger partial charge in [0.15, 0.2) is 0 Å². The van der Waals surface area contributed by atoms with Crippen molar-refractivity contribution in [3.63, 3.8) is 0 Å². The number of carbonyl (C=O) groups excluding carboxylic acids is 1. The zero-order valence-corrected chi connectivity index (χ0v) is 12.9. The van der Waals surface area contributed by atoms with Crippen molar-refractivity contribution in [3.05, 3.63) is 0 Å². The molecule has 2 saturated heterocycles. The Balaban J connectivity index is 0.00000180. The van der Waals surface area contributed by atoms with Crippen molar-refractivity contribution in [2.75, 3.05) is 26.3 Å². The predicted octanol–water partition coefficient (Wildman–Crippen LogP) is 1.95. The van der Waals surface area contributed by atoms with E-state index in [-0.39, 0.29) is 18.3 Å². The molecule has 2 heterocycles. The normalized spacial score (nSPS) is 24.9. The minimum Gasteiger partial charge on any atom is -0.381 e. The summed E-state index contributed by atoms with van der Waals surface area (Å²) in [6, 6.07) is 0. The monoisotopic (exact) mass is 290 g/mol. The van der Waals surface area contributed by atoms with Crippen LogP contribution in [0.3, 0.4) is 0 Å². The van der Waals surface area contributed by atoms with Crippen LogP contribution < -0.4 is 5.73 Å². The zero-order valence-electron chi connectivity index (χ0n) is 12.1. The van der Waals surface area contributed by atoms with Gasteiger partial charge in [0.25, 0.3) is 0 Å². The van der Waals surface area contributed by atoms with Crippen LogP contribution in [0.4, 0.5) is 0 Å². The van der Waals surface area contributed by atoms with E-state index in [1.807, 2.05) is 11.8 Å². The molecule has 1 amide bonds. The van der Waals surface area contributed by atoms with E-state index >= 15 is 0 Å². The van der Waals surface area contributed by atoms with Crippen molar-refractivity contribution in [3.8, 4) is 0 Å². The second kappa shape index (κ2) is 6.42. The zero-order chi connectivity index (χ0) is 13.2. The summed E-state index contributed by atoms with van der Waals surface area (Å²) in [7, 11) is 0. The molecule has 1 spiro atoms. The number of halogens is 1. The first-order chi connectivity index (χ1) is 8.49. The van der Waals surface area contributed by atoms with Crippen molar-refractivity contribution in [1.29, 1.82) is 0 Å². The smallest absolute Gasteiger partial charge is 0.242 e. The molecule has 2 fully saturated rings. The van der Waals surface area contributed by atoms with Crippen LogP contribution in [0, 0.1) is 5.41 Å². The number of nitrogens with two attached hydrogens (primary N) is 1. The second-order valence-electron chi connectivity index (χ2n) is 6.26. The summed E-state index contributed by atoms with van der Waals surface area (Å²) in [4.78, 5) is 14.4. The Morgan fingerprint density at radius 1 is 1.37 bits per heavy atom. The lowest BCUT2D eigenvalue weighted by Gasteiger charge is -2.34. The molecule has 0 saturated carbocycles. The van der Waals surface area contributed by atoms with Crippen molar-refractivity contribution < 1.29 is 9.53 Å². The average molecular weight is 291 g/mol. The largest absolute Gasteiger partial charge is 0.381 e. The fourth-order valence-electron chi connectivity index (χ4n) is 3.31. The molecule has 112 valence electrons. The average Bonchev–Trinajstić information content (AvgIpc) is 2.73. The topological polar surface area (TPSA) is 55.6 Å². The molecule has 2 aliphatic heterocycles. The molecule has 0 aromatic heterocycles. The van der Waals surface area contributed by atoms with Crippen LogP contribution in [-0.2, 0) is 9.53 Å². The molecule has 5 heteroatoms. The SMILES string of the molecule is CCCC(C)(N)C(=O)N1CCC2(CCOCC2)C1.Cl. The molecule has 0 aliphatic carbocycles. The minimum atomic E-state index is -0.689. The Morgan fingerprint density at radius 3 is 2.58 bits per heavy atom. The Morgan fingerprint density at radius 2 is 2.00 bits per heavy atom. The van der Waals surface area contributed by atoms with E-state index in [4.69, 9.17) is 10.5 Å². The Labute approximate surface area is 122 Å². The van der Waals surface area contributed by atoms with E-state index in [9.17, 15) is 4.79 Å². The maximum Gasteiger partial charge on any atom is 0.242 e. The Kier molecular flexibility index (Phi) is 5.65. The molecule has 19 heavy (non-hydrogen) atoms. The number of rotatable bonds is 3. The molecule has 0 aromatic rings. The van der Waals surface area contributed by atoms with Gasteiger partial charge in [-0.1, -0.05) is 13.3 Å². The van der Waals surface area contributed by atoms with Gasteiger partial charge in [-0.05, 0) is 38.0 Å². The third kappa shape index (κ3) is 3.61. The first kappa shape index (κ1) is 16.7. The summed E-state index contributed by atoms with van der Waals surface area (Å²) >= 11 is 0. The number of nitrogens with zero attached hydrogens (tertiary/aromatic N) is 1. The van der Waals surface area contributed by atoms with Crippen LogP contribution in [0.1, 0.15) is 46.0 Å². The van der Waals surface area contributed by atoms with Gasteiger partial charge in [-0.3, -0.25) is 4.79 Å². The highest BCUT2D eigenvalue weighted by Gasteiger charge is 2.43. The number of hydrogen-bond acceptors (Lipinski definition) is 3. The molecule has 0 aromatic carbocycles. The van der Waals surface area contributed by atoms with Gasteiger partial charge in [-0.15, -0.1) is 12.4 Å². The van der Waals surface area contributed by atoms with E-state index in [0.29, 0.717) is 5.41 Å². The molecule has 4 nitrogen and oxygen atoms in total. The third-order valence-corrected chi connectivity index (χ3v) is 4.54. The molecular weight excluding hydrogens is 264 g/mol. The van der Waals surface area contributed by atoms with Gasteiger partial charge in [0, 0.05) is 26.3 Å². The van der Waals surface area contributed by atoms with Gasteiger partial charge in [-0.2, -0.15) is 0 Å². The first-order valence-electron chi connectivity index (χ1n) is 7.15. The fourth-order valence-corrected chi connectivity index (χ4v) is 3.31. The second-order valence-corrected chi connectivity index (χ2v) is 6.26. The van der Waals surface area contributed by atoms with Gasteiger partial charge in [0.2, 0.25) is 5.91 Å². The molecule has 2 N–H and O–H groups in total. The van der Waals surface area contributed by atoms with E-state index in [0.717, 1.165) is 58.4 Å². The lowest BCUT2D eigenvalue weighted by atomic mass is 9.79. The predicted molar refractivity (Wildman–Crippen MR) is 78.4 cm³/mol. The summed E-state index contributed by atoms with van der Waals surface area (Å²) in [5, 5.41) is 0. The van der Waals surface area contributed by atoms with E-state index < -0.39 is 5.54 Å². The van der Waals surface area contributed by atoms with Crippen LogP contribution in [-0.4, -0.2) is 42.6 Å². The van der Waals surface area contributed by atoms with Crippen LogP contribution >= 0.6 is 12.4 Å². The van der Waals surface area contributed by atoms with E-state index in [2.05, 4.69) is 6.92 Å². The molecule has 2 rings (SSSR count). The lowest BCUT2D eigenvalue weighted by molar-refractivity contribution is -0.136. The summed E-state index contributed by atoms with van der Waals surface area (Å²) in [6.45, 7) is 7.38. The molecule has 0 bridgehead atoms. The molecule has 1 atom stereocenters. The molecule has 2 aliphatic rings. The van der Waals surface area contributed by atoms with Crippen molar-refractivity contribution in [2.45, 2.75) is 51.5 Å². The minimum absolute atomic E-state index is 0. The molecule has 0 radical (unpaired) electrons. The van der Waals surface area contributed by atoms with Crippen LogP contribution in [0.15, 0.2) is 0 Å². The highest BCUT2D eigenvalue weighted by atomic mass is 35.5. The van der Waals surface area contributed by atoms with Crippen LogP contribution in [0.25, 0.3) is 0 Å². The van der Waals surface area contributed by atoms with Crippen molar-refractivity contribution >= 4 is 18.3 Å². The number of hydrogen-bond donors (Lipinski definition) is 1. The van der Waals surface area contributed by atoms with Crippen molar-refractivity contribution in [1.82, 2.24) is 4.90 Å². The summed E-state index contributed by atoms with van der Waals surface area (Å²) in [5.74, 6) is 0.132. The maximum atomic E-state index is 12.5. The molecular formula is C14H27ClN2O2. The third-order valence-electron chi connectivity index (χ3n) is 4.54. The standard InChI is InChI=1S/C14H26N2O2.ClH/c1-3-4-13(2,15)12(17)16-8-5-14(11-16)6-9-18-10-7-14;/h3-11,15H2,1-2H3;1H. The van der Waals surface area contributed by atoms with Gasteiger partial charge < -0.3 is 15.4 Å². The molecule has 1 unspecified atom stereocenters. The van der Waals surface area contributed by atoms with E-state index in [1.165, 1.54) is 0 Å². The van der Waals surface area contributed by atoms with Gasteiger partial charge in [-0.25, -0.2) is 0 Å². The Hall–Kier alpha value is -0.320. The fraction of sp³-hybridized carbons (Fsp3) is 0.929. The van der Waals surface area contributed by atoms with Crippen LogP contribution in [0.2, 0.25) is 0 Å². The summed E-state index contributed by atoms with van der Waals surface area (Å²) in [6.07, 6.45) is 5.01. The number of ether oxygens (including phenoxy) is 1. The summed E-state index contributed by atoms with van der Waals surface area (Å²) in [5.41, 5.74) is 5.78. The summed E-state index contributed by atoms with van der Waals surface area (Å²) < 4.78 is 5.43. The van der Waals surface area contributed by atoms with Gasteiger partial charge >= 0.3 is 0 Å². The van der Waals surface area contributed by atoms with Gasteiger partial charge in [0.05, 0.1) is 5.54 Å². The number of amides is 1. The maximum absolute atomic E-state index is 12.5. The quantitative estimate of drug-likeness (QED) is 0.864. The van der Waals surface area contributed by atoms with Gasteiger partial charge in [0.1, 0.15) is 0 Å². The lowest BCUT2D eigenvalue weighted by Crippen LogP contribution is -2.53. The van der Waals surface area contributed by atoms with Crippen LogP contribution in [0.5, 0.6) is 0 Å².